The van der Waals surface area contributed by atoms with Crippen molar-refractivity contribution < 1.29 is 18.4 Å². The van der Waals surface area contributed by atoms with Crippen LogP contribution >= 0.6 is 0 Å². The molecule has 0 aliphatic carbocycles. The van der Waals surface area contributed by atoms with E-state index in [2.05, 4.69) is 15.6 Å². The van der Waals surface area contributed by atoms with Crippen molar-refractivity contribution in [1.82, 2.24) is 14.9 Å². The molecule has 2 N–H and O–H groups in total. The second-order valence-electron chi connectivity index (χ2n) is 8.45. The first-order chi connectivity index (χ1) is 17.8. The van der Waals surface area contributed by atoms with Crippen molar-refractivity contribution in [2.75, 3.05) is 12.4 Å². The smallest absolute Gasteiger partial charge is 0.275 e. The molecule has 7 nitrogen and oxygen atoms in total. The molecule has 0 aliphatic rings. The summed E-state index contributed by atoms with van der Waals surface area (Å²) in [6, 6.07) is 15.1. The van der Waals surface area contributed by atoms with Crippen LogP contribution in [0.15, 0.2) is 83.9 Å². The molecule has 2 aromatic carbocycles. The van der Waals surface area contributed by atoms with Crippen LogP contribution in [-0.2, 0) is 11.3 Å². The molecule has 0 saturated carbocycles. The van der Waals surface area contributed by atoms with Crippen LogP contribution in [0.4, 0.5) is 14.5 Å². The zero-order valence-corrected chi connectivity index (χ0v) is 20.2. The molecule has 37 heavy (non-hydrogen) atoms. The molecule has 0 saturated heterocycles. The van der Waals surface area contributed by atoms with Crippen molar-refractivity contribution in [3.8, 4) is 11.3 Å². The summed E-state index contributed by atoms with van der Waals surface area (Å²) in [5.41, 5.74) is 1.51. The van der Waals surface area contributed by atoms with Gasteiger partial charge in [0, 0.05) is 29.1 Å². The molecule has 188 valence electrons. The van der Waals surface area contributed by atoms with Gasteiger partial charge in [-0.25, -0.2) is 8.78 Å². The maximum atomic E-state index is 14.0. The SMILES string of the molecule is CNC(C)C(=O)Nc1ccc(-c2cccc(F)c2)n(Cc2cncc(C(=O)c3ccc(F)cc3)c2)c1=O. The quantitative estimate of drug-likeness (QED) is 0.355. The number of likely N-dealkylation sites (N-methyl/N-ethyl adjacent to an activating group) is 1. The molecular weight excluding hydrogens is 478 g/mol. The summed E-state index contributed by atoms with van der Waals surface area (Å²) >= 11 is 0. The first-order valence-corrected chi connectivity index (χ1v) is 11.5. The van der Waals surface area contributed by atoms with E-state index in [1.165, 1.54) is 65.5 Å². The fourth-order valence-electron chi connectivity index (χ4n) is 3.75. The Kier molecular flexibility index (Phi) is 7.64. The second kappa shape index (κ2) is 11.0. The Balaban J connectivity index is 1.75. The largest absolute Gasteiger partial charge is 0.320 e. The summed E-state index contributed by atoms with van der Waals surface area (Å²) in [5, 5.41) is 5.44. The zero-order chi connectivity index (χ0) is 26.5. The van der Waals surface area contributed by atoms with Gasteiger partial charge in [0.1, 0.15) is 17.3 Å². The molecule has 2 heterocycles. The van der Waals surface area contributed by atoms with E-state index in [-0.39, 0.29) is 23.6 Å². The average molecular weight is 503 g/mol. The number of amides is 1. The van der Waals surface area contributed by atoms with Crippen molar-refractivity contribution in [3.63, 3.8) is 0 Å². The third-order valence-corrected chi connectivity index (χ3v) is 5.88. The van der Waals surface area contributed by atoms with E-state index in [0.717, 1.165) is 0 Å². The van der Waals surface area contributed by atoms with Gasteiger partial charge < -0.3 is 15.2 Å². The van der Waals surface area contributed by atoms with E-state index in [1.807, 2.05) is 0 Å². The lowest BCUT2D eigenvalue weighted by molar-refractivity contribution is -0.117. The standard InChI is InChI=1S/C28H24F2N4O3/c1-17(31-2)27(36)33-24-10-11-25(20-4-3-5-23(30)13-20)34(28(24)37)16-18-12-21(15-32-14-18)26(35)19-6-8-22(29)9-7-19/h3-15,17,31H,16H2,1-2H3,(H,33,36). The maximum absolute atomic E-state index is 14.0. The second-order valence-corrected chi connectivity index (χ2v) is 8.45. The van der Waals surface area contributed by atoms with Gasteiger partial charge in [-0.15, -0.1) is 0 Å². The van der Waals surface area contributed by atoms with Crippen LogP contribution in [0.5, 0.6) is 0 Å². The number of pyridine rings is 2. The number of rotatable bonds is 8. The van der Waals surface area contributed by atoms with E-state index >= 15 is 0 Å². The van der Waals surface area contributed by atoms with Crippen LogP contribution in [-0.4, -0.2) is 34.3 Å². The molecule has 1 unspecified atom stereocenters. The highest BCUT2D eigenvalue weighted by Gasteiger charge is 2.17. The summed E-state index contributed by atoms with van der Waals surface area (Å²) in [5.74, 6) is -1.67. The first kappa shape index (κ1) is 25.6. The molecule has 0 radical (unpaired) electrons. The molecule has 2 aromatic heterocycles. The van der Waals surface area contributed by atoms with Gasteiger partial charge in [-0.05, 0) is 74.1 Å². The summed E-state index contributed by atoms with van der Waals surface area (Å²) in [4.78, 5) is 42.9. The fourth-order valence-corrected chi connectivity index (χ4v) is 3.75. The topological polar surface area (TPSA) is 93.1 Å². The highest BCUT2D eigenvalue weighted by molar-refractivity contribution is 6.08. The normalized spacial score (nSPS) is 11.7. The first-order valence-electron chi connectivity index (χ1n) is 11.5. The predicted octanol–water partition coefficient (Wildman–Crippen LogP) is 4.01. The van der Waals surface area contributed by atoms with Gasteiger partial charge in [-0.1, -0.05) is 12.1 Å². The number of benzene rings is 2. The van der Waals surface area contributed by atoms with Gasteiger partial charge in [-0.2, -0.15) is 0 Å². The highest BCUT2D eigenvalue weighted by Crippen LogP contribution is 2.22. The number of carbonyl (C=O) groups is 2. The van der Waals surface area contributed by atoms with Crippen LogP contribution < -0.4 is 16.2 Å². The average Bonchev–Trinajstić information content (AvgIpc) is 2.90. The van der Waals surface area contributed by atoms with Gasteiger partial charge >= 0.3 is 0 Å². The Morgan fingerprint density at radius 3 is 2.41 bits per heavy atom. The van der Waals surface area contributed by atoms with E-state index in [9.17, 15) is 23.2 Å². The lowest BCUT2D eigenvalue weighted by Gasteiger charge is -2.17. The van der Waals surface area contributed by atoms with Crippen LogP contribution in [0.25, 0.3) is 11.3 Å². The number of halogens is 2. The van der Waals surface area contributed by atoms with Crippen LogP contribution in [0.1, 0.15) is 28.4 Å². The Bertz CT molecular complexity index is 1520. The number of aromatic nitrogens is 2. The molecule has 0 bridgehead atoms. The number of anilines is 1. The van der Waals surface area contributed by atoms with Gasteiger partial charge in [0.25, 0.3) is 5.56 Å². The molecule has 1 atom stereocenters. The monoisotopic (exact) mass is 502 g/mol. The molecule has 0 spiro atoms. The van der Waals surface area contributed by atoms with Crippen molar-refractivity contribution in [2.24, 2.45) is 0 Å². The number of nitrogens with zero attached hydrogens (tertiary/aromatic N) is 2. The minimum atomic E-state index is -0.533. The van der Waals surface area contributed by atoms with E-state index in [0.29, 0.717) is 22.4 Å². The van der Waals surface area contributed by atoms with Gasteiger partial charge in [-0.3, -0.25) is 19.4 Å². The summed E-state index contributed by atoms with van der Waals surface area (Å²) in [6.45, 7) is 1.65. The van der Waals surface area contributed by atoms with Crippen LogP contribution in [0.2, 0.25) is 0 Å². The maximum Gasteiger partial charge on any atom is 0.275 e. The van der Waals surface area contributed by atoms with E-state index in [1.54, 1.807) is 32.2 Å². The van der Waals surface area contributed by atoms with Gasteiger partial charge in [0.15, 0.2) is 5.78 Å². The lowest BCUT2D eigenvalue weighted by Crippen LogP contribution is -2.37. The Morgan fingerprint density at radius 2 is 1.70 bits per heavy atom. The van der Waals surface area contributed by atoms with Crippen molar-refractivity contribution >= 4 is 17.4 Å². The predicted molar refractivity (Wildman–Crippen MR) is 136 cm³/mol. The van der Waals surface area contributed by atoms with Crippen LogP contribution in [0, 0.1) is 11.6 Å². The minimum Gasteiger partial charge on any atom is -0.320 e. The highest BCUT2D eigenvalue weighted by atomic mass is 19.1. The molecule has 0 fully saturated rings. The van der Waals surface area contributed by atoms with Gasteiger partial charge in [0.2, 0.25) is 5.91 Å². The Labute approximate surface area is 211 Å². The number of hydrogen-bond donors (Lipinski definition) is 2. The molecule has 9 heteroatoms. The summed E-state index contributed by atoms with van der Waals surface area (Å²) in [7, 11) is 1.63. The minimum absolute atomic E-state index is 0.00644. The van der Waals surface area contributed by atoms with Gasteiger partial charge in [0.05, 0.1) is 18.3 Å². The van der Waals surface area contributed by atoms with E-state index in [4.69, 9.17) is 0 Å². The third kappa shape index (κ3) is 5.84. The molecular formula is C28H24F2N4O3. The Hall–Kier alpha value is -4.50. The summed E-state index contributed by atoms with van der Waals surface area (Å²) in [6.07, 6.45) is 2.90. The van der Waals surface area contributed by atoms with E-state index < -0.39 is 29.1 Å². The molecule has 4 rings (SSSR count). The van der Waals surface area contributed by atoms with Crippen molar-refractivity contribution in [1.29, 1.82) is 0 Å². The summed E-state index contributed by atoms with van der Waals surface area (Å²) < 4.78 is 28.6. The molecule has 1 amide bonds. The number of ketones is 1. The lowest BCUT2D eigenvalue weighted by atomic mass is 10.0. The third-order valence-electron chi connectivity index (χ3n) is 5.88. The number of nitrogens with one attached hydrogen (secondary N) is 2. The fraction of sp³-hybridized carbons (Fsp3) is 0.143. The number of carbonyl (C=O) groups excluding carboxylic acids is 2. The van der Waals surface area contributed by atoms with Crippen LogP contribution in [0.3, 0.4) is 0 Å². The number of hydrogen-bond acceptors (Lipinski definition) is 5. The zero-order valence-electron chi connectivity index (χ0n) is 20.2. The van der Waals surface area contributed by atoms with Crippen molar-refractivity contribution in [3.05, 3.63) is 118 Å². The molecule has 4 aromatic rings. The molecule has 0 aliphatic heterocycles. The van der Waals surface area contributed by atoms with Crippen molar-refractivity contribution in [2.45, 2.75) is 19.5 Å². The Morgan fingerprint density at radius 1 is 0.946 bits per heavy atom.